The standard InChI is InChI=1S/C20H18F3N5/c1-2-13-17-15(27-26-13)8-7-14-16(17)10-5-3-4-6-11(10)18(25-14)12-9-24-28-19(12)20(21,22)23/h7-9H,2-6H2,1H3,(H,24,28)(H,26,27). The summed E-state index contributed by atoms with van der Waals surface area (Å²) in [5, 5.41) is 15.3. The topological polar surface area (TPSA) is 70.2 Å². The van der Waals surface area contributed by atoms with Crippen molar-refractivity contribution >= 4 is 21.8 Å². The van der Waals surface area contributed by atoms with E-state index in [-0.39, 0.29) is 5.56 Å². The van der Waals surface area contributed by atoms with Gasteiger partial charge in [0.25, 0.3) is 0 Å². The number of fused-ring (bicyclic) bond motifs is 5. The molecule has 8 heteroatoms. The average molecular weight is 385 g/mol. The predicted octanol–water partition coefficient (Wildman–Crippen LogP) is 4.96. The van der Waals surface area contributed by atoms with Gasteiger partial charge in [0.1, 0.15) is 5.69 Å². The highest BCUT2D eigenvalue weighted by Crippen LogP contribution is 2.41. The van der Waals surface area contributed by atoms with Gasteiger partial charge < -0.3 is 0 Å². The Morgan fingerprint density at radius 3 is 2.50 bits per heavy atom. The third-order valence-corrected chi connectivity index (χ3v) is 5.59. The molecule has 1 aliphatic rings. The molecule has 0 bridgehead atoms. The van der Waals surface area contributed by atoms with Crippen LogP contribution in [0.4, 0.5) is 13.2 Å². The molecule has 3 heterocycles. The van der Waals surface area contributed by atoms with Gasteiger partial charge in [-0.15, -0.1) is 0 Å². The van der Waals surface area contributed by atoms with Crippen molar-refractivity contribution in [1.29, 1.82) is 0 Å². The predicted molar refractivity (Wildman–Crippen MR) is 100.0 cm³/mol. The van der Waals surface area contributed by atoms with Crippen LogP contribution in [0.3, 0.4) is 0 Å². The van der Waals surface area contributed by atoms with Crippen LogP contribution < -0.4 is 0 Å². The lowest BCUT2D eigenvalue weighted by Crippen LogP contribution is -2.11. The largest absolute Gasteiger partial charge is 0.433 e. The van der Waals surface area contributed by atoms with Gasteiger partial charge in [0.15, 0.2) is 0 Å². The Kier molecular flexibility index (Phi) is 3.72. The van der Waals surface area contributed by atoms with Crippen LogP contribution >= 0.6 is 0 Å². The monoisotopic (exact) mass is 385 g/mol. The SMILES string of the molecule is CCc1[nH]nc2ccc3nc(-c4cn[nH]c4C(F)(F)F)c4c(c3c12)CCCC4. The van der Waals surface area contributed by atoms with E-state index in [4.69, 9.17) is 4.98 Å². The van der Waals surface area contributed by atoms with Crippen molar-refractivity contribution < 1.29 is 13.2 Å². The van der Waals surface area contributed by atoms with Crippen LogP contribution in [0.1, 0.15) is 42.3 Å². The number of benzene rings is 1. The number of hydrogen-bond acceptors (Lipinski definition) is 3. The van der Waals surface area contributed by atoms with Crippen molar-refractivity contribution in [1.82, 2.24) is 25.4 Å². The lowest BCUT2D eigenvalue weighted by Gasteiger charge is -2.22. The summed E-state index contributed by atoms with van der Waals surface area (Å²) in [4.78, 5) is 4.71. The van der Waals surface area contributed by atoms with Gasteiger partial charge in [-0.05, 0) is 55.4 Å². The van der Waals surface area contributed by atoms with E-state index in [9.17, 15) is 13.2 Å². The summed E-state index contributed by atoms with van der Waals surface area (Å²) < 4.78 is 40.4. The quantitative estimate of drug-likeness (QED) is 0.512. The molecule has 0 saturated heterocycles. The first-order valence-electron chi connectivity index (χ1n) is 9.41. The smallest absolute Gasteiger partial charge is 0.281 e. The molecule has 0 aliphatic heterocycles. The highest BCUT2D eigenvalue weighted by atomic mass is 19.4. The minimum absolute atomic E-state index is 0.0237. The van der Waals surface area contributed by atoms with Crippen molar-refractivity contribution in [2.75, 3.05) is 0 Å². The van der Waals surface area contributed by atoms with Crippen molar-refractivity contribution in [3.8, 4) is 11.3 Å². The molecular weight excluding hydrogens is 367 g/mol. The zero-order valence-corrected chi connectivity index (χ0v) is 15.2. The van der Waals surface area contributed by atoms with Gasteiger partial charge >= 0.3 is 6.18 Å². The summed E-state index contributed by atoms with van der Waals surface area (Å²) in [5.74, 6) is 0. The fraction of sp³-hybridized carbons (Fsp3) is 0.350. The number of nitrogens with zero attached hydrogens (tertiary/aromatic N) is 3. The van der Waals surface area contributed by atoms with Gasteiger partial charge in [0, 0.05) is 16.5 Å². The van der Waals surface area contributed by atoms with Gasteiger partial charge in [-0.3, -0.25) is 10.2 Å². The van der Waals surface area contributed by atoms with Crippen LogP contribution in [0.25, 0.3) is 33.1 Å². The maximum atomic E-state index is 13.5. The van der Waals surface area contributed by atoms with E-state index in [0.29, 0.717) is 17.6 Å². The number of alkyl halides is 3. The van der Waals surface area contributed by atoms with E-state index in [2.05, 4.69) is 27.3 Å². The lowest BCUT2D eigenvalue weighted by atomic mass is 9.85. The molecule has 28 heavy (non-hydrogen) atoms. The van der Waals surface area contributed by atoms with Gasteiger partial charge in [-0.25, -0.2) is 4.98 Å². The van der Waals surface area contributed by atoms with Crippen LogP contribution in [0.5, 0.6) is 0 Å². The average Bonchev–Trinajstić information content (AvgIpc) is 3.33. The van der Waals surface area contributed by atoms with Crippen LogP contribution in [0.2, 0.25) is 0 Å². The van der Waals surface area contributed by atoms with E-state index in [1.807, 2.05) is 12.1 Å². The second-order valence-corrected chi connectivity index (χ2v) is 7.19. The number of nitrogens with one attached hydrogen (secondary N) is 2. The molecule has 0 unspecified atom stereocenters. The lowest BCUT2D eigenvalue weighted by molar-refractivity contribution is -0.140. The summed E-state index contributed by atoms with van der Waals surface area (Å²) in [7, 11) is 0. The summed E-state index contributed by atoms with van der Waals surface area (Å²) in [6, 6.07) is 3.73. The number of rotatable bonds is 2. The first-order valence-corrected chi connectivity index (χ1v) is 9.41. The highest BCUT2D eigenvalue weighted by Gasteiger charge is 2.37. The Morgan fingerprint density at radius 1 is 1.00 bits per heavy atom. The molecule has 2 N–H and O–H groups in total. The van der Waals surface area contributed by atoms with Gasteiger partial charge in [-0.1, -0.05) is 6.92 Å². The summed E-state index contributed by atoms with van der Waals surface area (Å²) in [6.45, 7) is 2.06. The third-order valence-electron chi connectivity index (χ3n) is 5.59. The number of hydrogen-bond donors (Lipinski definition) is 2. The van der Waals surface area contributed by atoms with Crippen LogP contribution in [-0.4, -0.2) is 25.4 Å². The maximum Gasteiger partial charge on any atom is 0.433 e. The molecule has 3 aromatic heterocycles. The molecular formula is C20H18F3N5. The normalized spacial score (nSPS) is 14.7. The second kappa shape index (κ2) is 6.05. The number of aromatic amines is 2. The molecule has 4 aromatic rings. The molecule has 0 amide bonds. The number of pyridine rings is 1. The van der Waals surface area contributed by atoms with Crippen LogP contribution in [0, 0.1) is 0 Å². The number of aromatic nitrogens is 5. The fourth-order valence-electron chi connectivity index (χ4n) is 4.35. The summed E-state index contributed by atoms with van der Waals surface area (Å²) in [6.07, 6.45) is 1.02. The third kappa shape index (κ3) is 2.43. The van der Waals surface area contributed by atoms with E-state index >= 15 is 0 Å². The van der Waals surface area contributed by atoms with E-state index in [0.717, 1.165) is 58.8 Å². The van der Waals surface area contributed by atoms with Crippen LogP contribution in [-0.2, 0) is 25.4 Å². The molecule has 5 rings (SSSR count). The van der Waals surface area contributed by atoms with E-state index in [1.54, 1.807) is 0 Å². The number of halogens is 3. The van der Waals surface area contributed by atoms with Crippen molar-refractivity contribution in [2.24, 2.45) is 0 Å². The molecule has 0 atom stereocenters. The molecule has 0 saturated carbocycles. The molecule has 0 radical (unpaired) electrons. The molecule has 144 valence electrons. The van der Waals surface area contributed by atoms with Gasteiger partial charge in [0.05, 0.1) is 28.5 Å². The molecule has 5 nitrogen and oxygen atoms in total. The second-order valence-electron chi connectivity index (χ2n) is 7.19. The number of H-pyrrole nitrogens is 2. The molecule has 1 aliphatic carbocycles. The van der Waals surface area contributed by atoms with Gasteiger partial charge in [-0.2, -0.15) is 23.4 Å². The van der Waals surface area contributed by atoms with Crippen LogP contribution in [0.15, 0.2) is 18.3 Å². The fourth-order valence-corrected chi connectivity index (χ4v) is 4.35. The Balaban J connectivity index is 1.89. The van der Waals surface area contributed by atoms with E-state index in [1.165, 1.54) is 6.20 Å². The minimum atomic E-state index is -4.51. The zero-order chi connectivity index (χ0) is 19.5. The van der Waals surface area contributed by atoms with Crippen molar-refractivity contribution in [3.63, 3.8) is 0 Å². The Bertz CT molecular complexity index is 1200. The van der Waals surface area contributed by atoms with E-state index < -0.39 is 11.9 Å². The summed E-state index contributed by atoms with van der Waals surface area (Å²) in [5.41, 5.74) is 4.18. The van der Waals surface area contributed by atoms with Crippen molar-refractivity contribution in [2.45, 2.75) is 45.2 Å². The Labute approximate surface area is 158 Å². The molecule has 1 aromatic carbocycles. The Morgan fingerprint density at radius 2 is 1.75 bits per heavy atom. The summed E-state index contributed by atoms with van der Waals surface area (Å²) >= 11 is 0. The Hall–Kier alpha value is -2.90. The van der Waals surface area contributed by atoms with Gasteiger partial charge in [0.2, 0.25) is 0 Å². The minimum Gasteiger partial charge on any atom is -0.281 e. The van der Waals surface area contributed by atoms with Crippen molar-refractivity contribution in [3.05, 3.63) is 40.8 Å². The molecule has 0 spiro atoms. The number of aryl methyl sites for hydroxylation is 2. The first kappa shape index (κ1) is 17.2. The maximum absolute atomic E-state index is 13.5. The highest BCUT2D eigenvalue weighted by molar-refractivity contribution is 6.09. The zero-order valence-electron chi connectivity index (χ0n) is 15.2. The first-order chi connectivity index (χ1) is 13.5. The molecule has 0 fully saturated rings.